The monoisotopic (exact) mass is 528 g/mol. The van der Waals surface area contributed by atoms with E-state index < -0.39 is 30.1 Å². The van der Waals surface area contributed by atoms with Crippen molar-refractivity contribution < 1.29 is 28.6 Å². The second-order valence-electron chi connectivity index (χ2n) is 9.23. The van der Waals surface area contributed by atoms with E-state index >= 15 is 0 Å². The number of carbonyl (C=O) groups excluding carboxylic acids is 2. The van der Waals surface area contributed by atoms with Crippen LogP contribution in [0.3, 0.4) is 0 Å². The number of rotatable bonds is 7. The number of ether oxygens (including phenoxy) is 1. The van der Waals surface area contributed by atoms with Gasteiger partial charge in [0.1, 0.15) is 24.7 Å². The fraction of sp³-hybridized carbons (Fsp3) is 0.172. The zero-order chi connectivity index (χ0) is 27.7. The molecule has 0 aliphatic carbocycles. The Morgan fingerprint density at radius 2 is 1.87 bits per heavy atom. The Hall–Kier alpha value is -4.99. The number of hydrogen-bond acceptors (Lipinski definition) is 5. The van der Waals surface area contributed by atoms with Crippen LogP contribution >= 0.6 is 0 Å². The third-order valence-corrected chi connectivity index (χ3v) is 6.51. The van der Waals surface area contributed by atoms with Crippen molar-refractivity contribution in [3.05, 3.63) is 100 Å². The van der Waals surface area contributed by atoms with E-state index in [4.69, 9.17) is 4.74 Å². The number of anilines is 1. The summed E-state index contributed by atoms with van der Waals surface area (Å²) < 4.78 is 22.2. The number of carboxylic acid groups (broad SMARTS) is 1. The van der Waals surface area contributed by atoms with Gasteiger partial charge in [0.15, 0.2) is 5.69 Å². The molecule has 4 aromatic rings. The van der Waals surface area contributed by atoms with Gasteiger partial charge >= 0.3 is 5.97 Å². The molecule has 2 N–H and O–H groups in total. The molecule has 1 aromatic heterocycles. The Balaban J connectivity index is 1.47. The molecule has 10 heteroatoms. The first-order valence-corrected chi connectivity index (χ1v) is 12.2. The number of nitrogens with zero attached hydrogens (tertiary/aromatic N) is 3. The van der Waals surface area contributed by atoms with Gasteiger partial charge in [-0.05, 0) is 42.8 Å². The molecule has 0 saturated heterocycles. The van der Waals surface area contributed by atoms with Gasteiger partial charge in [-0.1, -0.05) is 36.4 Å². The summed E-state index contributed by atoms with van der Waals surface area (Å²) in [7, 11) is 1.73. The Bertz CT molecular complexity index is 1610. The second kappa shape index (κ2) is 10.4. The summed E-state index contributed by atoms with van der Waals surface area (Å²) in [5, 5.41) is 16.3. The topological polar surface area (TPSA) is 114 Å². The molecule has 0 spiro atoms. The normalized spacial score (nSPS) is 11.7. The lowest BCUT2D eigenvalue weighted by Crippen LogP contribution is -2.38. The molecule has 2 heterocycles. The number of carbonyl (C=O) groups is 3. The highest BCUT2D eigenvalue weighted by Gasteiger charge is 2.32. The minimum Gasteiger partial charge on any atom is -0.488 e. The smallest absolute Gasteiger partial charge is 0.335 e. The first-order valence-electron chi connectivity index (χ1n) is 12.2. The molecule has 39 heavy (non-hydrogen) atoms. The molecular formula is C29H25FN4O5. The van der Waals surface area contributed by atoms with Gasteiger partial charge in [-0.2, -0.15) is 5.10 Å². The van der Waals surface area contributed by atoms with Crippen LogP contribution in [0.4, 0.5) is 10.1 Å². The highest BCUT2D eigenvalue weighted by atomic mass is 19.1. The zero-order valence-electron chi connectivity index (χ0n) is 21.3. The lowest BCUT2D eigenvalue weighted by molar-refractivity contribution is -0.117. The van der Waals surface area contributed by atoms with Gasteiger partial charge in [-0.25, -0.2) is 9.18 Å². The van der Waals surface area contributed by atoms with E-state index in [2.05, 4.69) is 10.4 Å². The Kier molecular flexibility index (Phi) is 6.84. The van der Waals surface area contributed by atoms with E-state index in [1.54, 1.807) is 36.0 Å². The van der Waals surface area contributed by atoms with E-state index in [0.717, 1.165) is 22.6 Å². The third kappa shape index (κ3) is 5.08. The molecule has 0 atom stereocenters. The Labute approximate surface area is 223 Å². The Morgan fingerprint density at radius 1 is 1.10 bits per heavy atom. The number of benzene rings is 3. The maximum Gasteiger partial charge on any atom is 0.335 e. The minimum absolute atomic E-state index is 0.00252. The number of amides is 2. The molecule has 0 unspecified atom stereocenters. The molecule has 0 bridgehead atoms. The molecule has 9 nitrogen and oxygen atoms in total. The van der Waals surface area contributed by atoms with Crippen molar-refractivity contribution in [1.29, 1.82) is 0 Å². The van der Waals surface area contributed by atoms with Crippen LogP contribution in [0.5, 0.6) is 5.75 Å². The van der Waals surface area contributed by atoms with Crippen molar-refractivity contribution in [1.82, 2.24) is 14.7 Å². The number of aromatic carboxylic acids is 1. The minimum atomic E-state index is -1.14. The standard InChI is InChI=1S/C29H25FN4O5/c1-17-7-5-11-21-26-22(16-39-27(17)21)25(32-33(26)2)28(36)34(14-19-8-3-4-12-23(19)30)15-24(35)31-20-10-6-9-18(13-20)29(37)38/h3-13H,14-16H2,1-2H3,(H,31,35)(H,37,38). The predicted molar refractivity (Wildman–Crippen MR) is 141 cm³/mol. The number of aromatic nitrogens is 2. The summed E-state index contributed by atoms with van der Waals surface area (Å²) in [6.07, 6.45) is 0. The molecule has 0 fully saturated rings. The van der Waals surface area contributed by atoms with Crippen LogP contribution in [0.2, 0.25) is 0 Å². The predicted octanol–water partition coefficient (Wildman–Crippen LogP) is 4.41. The van der Waals surface area contributed by atoms with Gasteiger partial charge in [0.25, 0.3) is 5.91 Å². The summed E-state index contributed by atoms with van der Waals surface area (Å²) in [6, 6.07) is 17.5. The molecule has 198 valence electrons. The van der Waals surface area contributed by atoms with Crippen molar-refractivity contribution in [2.24, 2.45) is 7.05 Å². The zero-order valence-corrected chi connectivity index (χ0v) is 21.3. The fourth-order valence-corrected chi connectivity index (χ4v) is 4.67. The van der Waals surface area contributed by atoms with Crippen molar-refractivity contribution in [3.63, 3.8) is 0 Å². The quantitative estimate of drug-likeness (QED) is 0.368. The Morgan fingerprint density at radius 3 is 2.64 bits per heavy atom. The van der Waals surface area contributed by atoms with Gasteiger partial charge in [-0.3, -0.25) is 14.3 Å². The van der Waals surface area contributed by atoms with E-state index in [1.165, 1.54) is 29.2 Å². The summed E-state index contributed by atoms with van der Waals surface area (Å²) in [5.41, 5.74) is 3.68. The lowest BCUT2D eigenvalue weighted by atomic mass is 9.99. The van der Waals surface area contributed by atoms with Crippen LogP contribution in [-0.2, 0) is 25.0 Å². The van der Waals surface area contributed by atoms with Crippen LogP contribution < -0.4 is 10.1 Å². The molecule has 0 radical (unpaired) electrons. The van der Waals surface area contributed by atoms with E-state index in [1.807, 2.05) is 25.1 Å². The first kappa shape index (κ1) is 25.7. The number of para-hydroxylation sites is 1. The summed E-state index contributed by atoms with van der Waals surface area (Å²) in [5.74, 6) is -2.08. The molecule has 1 aliphatic heterocycles. The second-order valence-corrected chi connectivity index (χ2v) is 9.23. The SMILES string of the molecule is Cc1cccc2c1OCc1c(C(=O)N(CC(=O)Nc3cccc(C(=O)O)c3)Cc3ccccc3F)nn(C)c1-2. The molecular weight excluding hydrogens is 503 g/mol. The maximum atomic E-state index is 14.6. The van der Waals surface area contributed by atoms with Gasteiger partial charge < -0.3 is 20.1 Å². The maximum absolute atomic E-state index is 14.6. The average Bonchev–Trinajstić information content (AvgIpc) is 3.26. The highest BCUT2D eigenvalue weighted by molar-refractivity contribution is 6.01. The van der Waals surface area contributed by atoms with Crippen molar-refractivity contribution in [3.8, 4) is 17.0 Å². The van der Waals surface area contributed by atoms with Crippen LogP contribution in [0.25, 0.3) is 11.3 Å². The number of hydrogen-bond donors (Lipinski definition) is 2. The number of nitrogens with one attached hydrogen (secondary N) is 1. The van der Waals surface area contributed by atoms with Crippen molar-refractivity contribution in [2.75, 3.05) is 11.9 Å². The van der Waals surface area contributed by atoms with E-state index in [0.29, 0.717) is 5.56 Å². The number of fused-ring (bicyclic) bond motifs is 3. The largest absolute Gasteiger partial charge is 0.488 e. The van der Waals surface area contributed by atoms with Gasteiger partial charge in [-0.15, -0.1) is 0 Å². The molecule has 1 aliphatic rings. The van der Waals surface area contributed by atoms with Gasteiger partial charge in [0, 0.05) is 36.0 Å². The average molecular weight is 529 g/mol. The van der Waals surface area contributed by atoms with Gasteiger partial charge in [0.2, 0.25) is 5.91 Å². The number of aryl methyl sites for hydroxylation is 2. The summed E-state index contributed by atoms with van der Waals surface area (Å²) in [4.78, 5) is 39.4. The summed E-state index contributed by atoms with van der Waals surface area (Å²) in [6.45, 7) is 1.44. The summed E-state index contributed by atoms with van der Waals surface area (Å²) >= 11 is 0. The first-order chi connectivity index (χ1) is 18.7. The van der Waals surface area contributed by atoms with Crippen LogP contribution in [0, 0.1) is 12.7 Å². The van der Waals surface area contributed by atoms with Crippen LogP contribution in [-0.4, -0.2) is 44.1 Å². The third-order valence-electron chi connectivity index (χ3n) is 6.51. The molecule has 2 amide bonds. The molecule has 0 saturated carbocycles. The van der Waals surface area contributed by atoms with Crippen LogP contribution in [0.1, 0.15) is 37.5 Å². The van der Waals surface area contributed by atoms with Crippen molar-refractivity contribution >= 4 is 23.5 Å². The van der Waals surface area contributed by atoms with Gasteiger partial charge in [0.05, 0.1) is 11.3 Å². The van der Waals surface area contributed by atoms with Crippen molar-refractivity contribution in [2.45, 2.75) is 20.1 Å². The van der Waals surface area contributed by atoms with E-state index in [-0.39, 0.29) is 35.7 Å². The number of halogens is 1. The van der Waals surface area contributed by atoms with E-state index in [9.17, 15) is 23.9 Å². The number of carboxylic acids is 1. The molecule has 3 aromatic carbocycles. The highest BCUT2D eigenvalue weighted by Crippen LogP contribution is 2.40. The fourth-order valence-electron chi connectivity index (χ4n) is 4.67. The lowest BCUT2D eigenvalue weighted by Gasteiger charge is -2.24. The van der Waals surface area contributed by atoms with Crippen LogP contribution in [0.15, 0.2) is 66.7 Å². The molecule has 5 rings (SSSR count).